The van der Waals surface area contributed by atoms with Crippen molar-refractivity contribution in [3.8, 4) is 11.8 Å². The second-order valence-electron chi connectivity index (χ2n) is 7.53. The highest BCUT2D eigenvalue weighted by Gasteiger charge is 2.37. The first-order chi connectivity index (χ1) is 13.6. The number of imidazole rings is 1. The summed E-state index contributed by atoms with van der Waals surface area (Å²) in [6, 6.07) is 0. The summed E-state index contributed by atoms with van der Waals surface area (Å²) in [6.45, 7) is 0.306. The third kappa shape index (κ3) is 3.69. The van der Waals surface area contributed by atoms with Crippen molar-refractivity contribution in [2.45, 2.75) is 50.5 Å². The van der Waals surface area contributed by atoms with Crippen LogP contribution in [0.5, 0.6) is 0 Å². The van der Waals surface area contributed by atoms with Crippen LogP contribution in [0.25, 0.3) is 11.2 Å². The van der Waals surface area contributed by atoms with Gasteiger partial charge in [-0.15, -0.1) is 0 Å². The highest BCUT2D eigenvalue weighted by atomic mass is 16.5. The molecule has 0 bridgehead atoms. The minimum atomic E-state index is -1.06. The lowest BCUT2D eigenvalue weighted by Gasteiger charge is -2.23. The zero-order valence-electron chi connectivity index (χ0n) is 15.5. The Morgan fingerprint density at radius 3 is 2.68 bits per heavy atom. The molecule has 2 fully saturated rings. The van der Waals surface area contributed by atoms with Gasteiger partial charge in [0.25, 0.3) is 0 Å². The Balaban J connectivity index is 1.51. The average Bonchev–Trinajstić information content (AvgIpc) is 3.26. The Labute approximate surface area is 162 Å². The van der Waals surface area contributed by atoms with Crippen LogP contribution in [0.15, 0.2) is 6.33 Å². The summed E-state index contributed by atoms with van der Waals surface area (Å²) in [4.78, 5) is 13.0. The molecule has 2 aliphatic rings. The number of anilines is 1. The van der Waals surface area contributed by atoms with Crippen LogP contribution in [0, 0.1) is 23.7 Å². The zero-order chi connectivity index (χ0) is 19.7. The molecule has 0 aromatic carbocycles. The second kappa shape index (κ2) is 8.01. The van der Waals surface area contributed by atoms with Crippen LogP contribution in [-0.2, 0) is 11.2 Å². The molecule has 3 heterocycles. The van der Waals surface area contributed by atoms with E-state index < -0.39 is 18.4 Å². The van der Waals surface area contributed by atoms with Gasteiger partial charge >= 0.3 is 0 Å². The summed E-state index contributed by atoms with van der Waals surface area (Å²) < 4.78 is 7.03. The molecule has 2 aromatic heterocycles. The highest BCUT2D eigenvalue weighted by Crippen LogP contribution is 2.29. The van der Waals surface area contributed by atoms with E-state index in [0.717, 1.165) is 25.7 Å². The van der Waals surface area contributed by atoms with Crippen molar-refractivity contribution in [1.82, 2.24) is 19.5 Å². The molecule has 0 unspecified atom stereocenters. The monoisotopic (exact) mass is 387 g/mol. The Hall–Kier alpha value is -2.25. The lowest BCUT2D eigenvalue weighted by atomic mass is 9.83. The molecule has 9 heteroatoms. The average molecular weight is 387 g/mol. The van der Waals surface area contributed by atoms with E-state index in [0.29, 0.717) is 35.2 Å². The van der Waals surface area contributed by atoms with Crippen molar-refractivity contribution in [3.63, 3.8) is 0 Å². The quantitative estimate of drug-likeness (QED) is 0.540. The maximum absolute atomic E-state index is 10.1. The predicted octanol–water partition coefficient (Wildman–Crippen LogP) is 0.00370. The molecule has 0 spiro atoms. The van der Waals surface area contributed by atoms with Crippen LogP contribution in [0.3, 0.4) is 0 Å². The first-order valence-corrected chi connectivity index (χ1v) is 9.62. The van der Waals surface area contributed by atoms with Crippen molar-refractivity contribution >= 4 is 17.0 Å². The molecular formula is C19H25N5O4. The van der Waals surface area contributed by atoms with Crippen molar-refractivity contribution in [2.75, 3.05) is 18.9 Å². The zero-order valence-corrected chi connectivity index (χ0v) is 15.5. The van der Waals surface area contributed by atoms with E-state index in [1.165, 1.54) is 6.33 Å². The number of ether oxygens (including phenoxy) is 1. The normalized spacial score (nSPS) is 30.3. The van der Waals surface area contributed by atoms with Crippen LogP contribution in [-0.4, -0.2) is 60.3 Å². The van der Waals surface area contributed by atoms with Gasteiger partial charge in [0, 0.05) is 12.5 Å². The maximum atomic E-state index is 10.1. The molecule has 1 saturated carbocycles. The van der Waals surface area contributed by atoms with Crippen molar-refractivity contribution < 1.29 is 20.1 Å². The molecule has 4 rings (SSSR count). The summed E-state index contributed by atoms with van der Waals surface area (Å²) in [5.41, 5.74) is 6.90. The molecule has 150 valence electrons. The molecule has 0 radical (unpaired) electrons. The van der Waals surface area contributed by atoms with Gasteiger partial charge in [0.2, 0.25) is 0 Å². The standard InChI is InChI=1S/C19H25N5O4/c20-17-15-18(24(10-21-15)19-16(27)13(26)9-28-19)23-14(22-17)3-1-2-11-4-6-12(8-25)7-5-11/h10-13,16,19,25-27H,3-9H2,(H2,20,22,23)/t11?,12?,13-,16+,19+/m0/s1. The lowest BCUT2D eigenvalue weighted by Crippen LogP contribution is -2.28. The first-order valence-electron chi connectivity index (χ1n) is 9.62. The lowest BCUT2D eigenvalue weighted by molar-refractivity contribution is -0.0163. The molecule has 1 aliphatic heterocycles. The predicted molar refractivity (Wildman–Crippen MR) is 101 cm³/mol. The minimum absolute atomic E-state index is 0.0446. The number of hydrogen-bond donors (Lipinski definition) is 4. The number of hydrogen-bond acceptors (Lipinski definition) is 8. The van der Waals surface area contributed by atoms with E-state index in [-0.39, 0.29) is 19.0 Å². The number of nitrogens with zero attached hydrogens (tertiary/aromatic N) is 4. The number of nitrogen functional groups attached to an aromatic ring is 1. The van der Waals surface area contributed by atoms with Crippen LogP contribution in [0.1, 0.15) is 37.7 Å². The molecule has 28 heavy (non-hydrogen) atoms. The van der Waals surface area contributed by atoms with Gasteiger partial charge in [-0.1, -0.05) is 11.8 Å². The van der Waals surface area contributed by atoms with Crippen molar-refractivity contribution in [2.24, 2.45) is 11.8 Å². The first kappa shape index (κ1) is 19.1. The minimum Gasteiger partial charge on any atom is -0.396 e. The molecule has 2 aromatic rings. The summed E-state index contributed by atoms with van der Waals surface area (Å²) in [6.07, 6.45) is 3.10. The van der Waals surface area contributed by atoms with Gasteiger partial charge in [-0.25, -0.2) is 15.0 Å². The number of fused-ring (bicyclic) bond motifs is 1. The number of nitrogens with two attached hydrogens (primary N) is 1. The Bertz CT molecular complexity index is 897. The molecule has 0 amide bonds. The van der Waals surface area contributed by atoms with Gasteiger partial charge in [0.1, 0.15) is 23.5 Å². The smallest absolute Gasteiger partial charge is 0.168 e. The Morgan fingerprint density at radius 1 is 1.21 bits per heavy atom. The number of aromatic nitrogens is 4. The Kier molecular flexibility index (Phi) is 5.46. The maximum Gasteiger partial charge on any atom is 0.168 e. The molecular weight excluding hydrogens is 362 g/mol. The van der Waals surface area contributed by atoms with E-state index >= 15 is 0 Å². The van der Waals surface area contributed by atoms with Gasteiger partial charge in [-0.05, 0) is 31.6 Å². The van der Waals surface area contributed by atoms with Crippen LogP contribution in [0.4, 0.5) is 5.82 Å². The molecule has 9 nitrogen and oxygen atoms in total. The molecule has 3 atom stereocenters. The molecule has 1 aliphatic carbocycles. The van der Waals surface area contributed by atoms with E-state index in [4.69, 9.17) is 10.5 Å². The third-order valence-electron chi connectivity index (χ3n) is 5.55. The summed E-state index contributed by atoms with van der Waals surface area (Å²) in [5, 5.41) is 29.1. The SMILES string of the molecule is Nc1nc(CC#CC2CCC(CO)CC2)nc2c1ncn2[C@@H]1OC[C@H](O)[C@H]1O. The summed E-state index contributed by atoms with van der Waals surface area (Å²) in [5.74, 6) is 7.92. The highest BCUT2D eigenvalue weighted by molar-refractivity contribution is 5.81. The van der Waals surface area contributed by atoms with E-state index in [2.05, 4.69) is 26.8 Å². The fourth-order valence-electron chi connectivity index (χ4n) is 3.84. The van der Waals surface area contributed by atoms with E-state index in [1.54, 1.807) is 4.57 Å². The van der Waals surface area contributed by atoms with Gasteiger partial charge in [-0.2, -0.15) is 0 Å². The Morgan fingerprint density at radius 2 is 2.00 bits per heavy atom. The van der Waals surface area contributed by atoms with Crippen LogP contribution < -0.4 is 5.73 Å². The van der Waals surface area contributed by atoms with Gasteiger partial charge in [-0.3, -0.25) is 4.57 Å². The third-order valence-corrected chi connectivity index (χ3v) is 5.55. The largest absolute Gasteiger partial charge is 0.396 e. The second-order valence-corrected chi connectivity index (χ2v) is 7.53. The number of aliphatic hydroxyl groups is 3. The van der Waals surface area contributed by atoms with Crippen LogP contribution >= 0.6 is 0 Å². The topological polar surface area (TPSA) is 140 Å². The summed E-state index contributed by atoms with van der Waals surface area (Å²) >= 11 is 0. The molecule has 5 N–H and O–H groups in total. The van der Waals surface area contributed by atoms with Gasteiger partial charge in [0.15, 0.2) is 17.7 Å². The van der Waals surface area contributed by atoms with Crippen molar-refractivity contribution in [3.05, 3.63) is 12.2 Å². The van der Waals surface area contributed by atoms with E-state index in [1.807, 2.05) is 0 Å². The van der Waals surface area contributed by atoms with Crippen LogP contribution in [0.2, 0.25) is 0 Å². The number of rotatable bonds is 3. The fourth-order valence-corrected chi connectivity index (χ4v) is 3.84. The van der Waals surface area contributed by atoms with Crippen molar-refractivity contribution in [1.29, 1.82) is 0 Å². The van der Waals surface area contributed by atoms with Gasteiger partial charge < -0.3 is 25.8 Å². The fraction of sp³-hybridized carbons (Fsp3) is 0.632. The number of aliphatic hydroxyl groups excluding tert-OH is 3. The van der Waals surface area contributed by atoms with Gasteiger partial charge in [0.05, 0.1) is 19.4 Å². The molecule has 1 saturated heterocycles. The summed E-state index contributed by atoms with van der Waals surface area (Å²) in [7, 11) is 0. The van der Waals surface area contributed by atoms with E-state index in [9.17, 15) is 15.3 Å².